The number of nitrogens with two attached hydrogens (primary N) is 1. The molecule has 2 heterocycles. The van der Waals surface area contributed by atoms with Crippen molar-refractivity contribution in [3.05, 3.63) is 81.6 Å². The Kier molecular flexibility index (Phi) is 7.45. The Morgan fingerprint density at radius 3 is 1.92 bits per heavy atom. The van der Waals surface area contributed by atoms with E-state index in [4.69, 9.17) is 29.7 Å². The van der Waals surface area contributed by atoms with Gasteiger partial charge in [-0.1, -0.05) is 22.0 Å². The molecule has 7 nitrogen and oxygen atoms in total. The van der Waals surface area contributed by atoms with Gasteiger partial charge in [-0.15, -0.1) is 11.3 Å². The van der Waals surface area contributed by atoms with Crippen LogP contribution in [0.5, 0.6) is 23.0 Å². The summed E-state index contributed by atoms with van der Waals surface area (Å²) < 4.78 is 22.8. The zero-order valence-electron chi connectivity index (χ0n) is 21.7. The zero-order valence-corrected chi connectivity index (χ0v) is 24.1. The van der Waals surface area contributed by atoms with E-state index >= 15 is 0 Å². The molecule has 9 heteroatoms. The fourth-order valence-corrected chi connectivity index (χ4v) is 5.74. The predicted molar refractivity (Wildman–Crippen MR) is 159 cm³/mol. The fraction of sp³-hybridized carbons (Fsp3) is 0.133. The Balaban J connectivity index is 1.76. The van der Waals surface area contributed by atoms with Gasteiger partial charge in [0.15, 0.2) is 23.0 Å². The van der Waals surface area contributed by atoms with Gasteiger partial charge in [0.25, 0.3) is 0 Å². The first-order valence-electron chi connectivity index (χ1n) is 11.9. The third-order valence-electron chi connectivity index (χ3n) is 6.39. The van der Waals surface area contributed by atoms with Crippen LogP contribution in [0.4, 0.5) is 5.69 Å². The number of fused-ring (bicyclic) bond motifs is 1. The summed E-state index contributed by atoms with van der Waals surface area (Å²) in [4.78, 5) is 19.5. The van der Waals surface area contributed by atoms with E-state index in [2.05, 4.69) is 15.9 Å². The van der Waals surface area contributed by atoms with Crippen molar-refractivity contribution in [3.63, 3.8) is 0 Å². The van der Waals surface area contributed by atoms with Gasteiger partial charge in [-0.25, -0.2) is 4.98 Å². The maximum atomic E-state index is 13.5. The van der Waals surface area contributed by atoms with Gasteiger partial charge in [0, 0.05) is 21.0 Å². The maximum absolute atomic E-state index is 13.5. The second-order valence-electron chi connectivity index (χ2n) is 8.56. The molecule has 0 aliphatic rings. The molecule has 198 valence electrons. The van der Waals surface area contributed by atoms with Crippen LogP contribution in [0.15, 0.2) is 71.2 Å². The van der Waals surface area contributed by atoms with Crippen molar-refractivity contribution in [2.45, 2.75) is 0 Å². The number of hydrogen-bond donors (Lipinski definition) is 1. The minimum atomic E-state index is -0.158. The molecular weight excluding hydrogens is 580 g/mol. The van der Waals surface area contributed by atoms with Crippen molar-refractivity contribution in [1.29, 1.82) is 0 Å². The second-order valence-corrected chi connectivity index (χ2v) is 10.5. The molecular formula is C30H25BrN2O5S. The van der Waals surface area contributed by atoms with Crippen LogP contribution < -0.4 is 24.7 Å². The summed E-state index contributed by atoms with van der Waals surface area (Å²) in [6, 6.07) is 20.5. The number of ether oxygens (including phenoxy) is 4. The maximum Gasteiger partial charge on any atom is 0.205 e. The first-order chi connectivity index (χ1) is 18.9. The van der Waals surface area contributed by atoms with Crippen LogP contribution in [0, 0.1) is 0 Å². The number of nitrogen functional groups attached to an aromatic ring is 1. The van der Waals surface area contributed by atoms with Crippen molar-refractivity contribution in [1.82, 2.24) is 4.98 Å². The van der Waals surface area contributed by atoms with E-state index in [-0.39, 0.29) is 5.78 Å². The second kappa shape index (κ2) is 11.0. The Labute approximate surface area is 238 Å². The molecule has 0 aliphatic carbocycles. The number of hydrogen-bond acceptors (Lipinski definition) is 8. The van der Waals surface area contributed by atoms with Crippen LogP contribution >= 0.6 is 27.3 Å². The van der Waals surface area contributed by atoms with Gasteiger partial charge >= 0.3 is 0 Å². The summed E-state index contributed by atoms with van der Waals surface area (Å²) in [7, 11) is 6.36. The highest BCUT2D eigenvalue weighted by molar-refractivity contribution is 9.10. The number of rotatable bonds is 8. The molecule has 0 aliphatic heterocycles. The third kappa shape index (κ3) is 4.91. The van der Waals surface area contributed by atoms with Crippen molar-refractivity contribution in [2.24, 2.45) is 0 Å². The number of methoxy groups -OCH3 is 4. The first kappa shape index (κ1) is 26.5. The van der Waals surface area contributed by atoms with Crippen LogP contribution in [0.3, 0.4) is 0 Å². The summed E-state index contributed by atoms with van der Waals surface area (Å²) in [6.07, 6.45) is 0. The molecule has 0 radical (unpaired) electrons. The van der Waals surface area contributed by atoms with E-state index in [1.807, 2.05) is 54.6 Å². The number of halogens is 1. The molecule has 0 amide bonds. The Bertz CT molecular complexity index is 1700. The number of aromatic nitrogens is 1. The number of carbonyl (C=O) groups excluding carboxylic acids is 1. The summed E-state index contributed by atoms with van der Waals surface area (Å²) in [5.74, 6) is 2.23. The molecule has 2 aromatic heterocycles. The highest BCUT2D eigenvalue weighted by atomic mass is 79.9. The summed E-state index contributed by atoms with van der Waals surface area (Å²) in [6.45, 7) is 0. The third-order valence-corrected chi connectivity index (χ3v) is 8.01. The van der Waals surface area contributed by atoms with Crippen molar-refractivity contribution >= 4 is 49.0 Å². The average Bonchev–Trinajstić information content (AvgIpc) is 3.31. The largest absolute Gasteiger partial charge is 0.493 e. The lowest BCUT2D eigenvalue weighted by molar-refractivity contribution is 0.104. The molecule has 3 aromatic carbocycles. The van der Waals surface area contributed by atoms with E-state index in [0.717, 1.165) is 21.2 Å². The highest BCUT2D eigenvalue weighted by Crippen LogP contribution is 2.44. The fourth-order valence-electron chi connectivity index (χ4n) is 4.40. The number of nitrogens with zero attached hydrogens (tertiary/aromatic N) is 1. The molecule has 0 saturated carbocycles. The van der Waals surface area contributed by atoms with E-state index in [9.17, 15) is 4.79 Å². The highest BCUT2D eigenvalue weighted by Gasteiger charge is 2.23. The van der Waals surface area contributed by atoms with Crippen LogP contribution in [-0.4, -0.2) is 39.2 Å². The summed E-state index contributed by atoms with van der Waals surface area (Å²) >= 11 is 4.70. The van der Waals surface area contributed by atoms with Crippen LogP contribution in [0.1, 0.15) is 15.2 Å². The predicted octanol–water partition coefficient (Wildman–Crippen LogP) is 7.24. The lowest BCUT2D eigenvalue weighted by atomic mass is 9.98. The molecule has 0 fully saturated rings. The van der Waals surface area contributed by atoms with Crippen molar-refractivity contribution in [3.8, 4) is 45.4 Å². The molecule has 5 rings (SSSR count). The standard InChI is InChI=1S/C30H25BrN2O5S/c1-35-22-11-7-17(13-24(22)37-3)20-15-21(18-8-12-23(36-2)25(14-18)38-4)33-30-26(20)27(32)29(39-30)28(34)16-5-9-19(31)10-6-16/h5-15H,32H2,1-4H3. The Morgan fingerprint density at radius 1 is 0.769 bits per heavy atom. The van der Waals surface area contributed by atoms with Crippen molar-refractivity contribution < 1.29 is 23.7 Å². The molecule has 39 heavy (non-hydrogen) atoms. The zero-order chi connectivity index (χ0) is 27.7. The average molecular weight is 606 g/mol. The lowest BCUT2D eigenvalue weighted by Gasteiger charge is -2.13. The summed E-state index contributed by atoms with van der Waals surface area (Å²) in [5, 5.41) is 0.705. The summed E-state index contributed by atoms with van der Waals surface area (Å²) in [5.41, 5.74) is 10.8. The van der Waals surface area contributed by atoms with Crippen LogP contribution in [-0.2, 0) is 0 Å². The number of anilines is 1. The molecule has 0 unspecified atom stereocenters. The normalized spacial score (nSPS) is 10.9. The molecule has 0 atom stereocenters. The topological polar surface area (TPSA) is 92.9 Å². The number of carbonyl (C=O) groups is 1. The smallest absolute Gasteiger partial charge is 0.205 e. The first-order valence-corrected chi connectivity index (χ1v) is 13.5. The SMILES string of the molecule is COc1ccc(-c2cc(-c3ccc(OC)c(OC)c3)c3c(N)c(C(=O)c4ccc(Br)cc4)sc3n2)cc1OC. The minimum Gasteiger partial charge on any atom is -0.493 e. The molecule has 0 bridgehead atoms. The van der Waals surface area contributed by atoms with E-state index in [0.29, 0.717) is 55.0 Å². The molecule has 5 aromatic rings. The van der Waals surface area contributed by atoms with Crippen LogP contribution in [0.2, 0.25) is 0 Å². The lowest BCUT2D eigenvalue weighted by Crippen LogP contribution is -2.02. The quantitative estimate of drug-likeness (QED) is 0.187. The van der Waals surface area contributed by atoms with Gasteiger partial charge in [-0.3, -0.25) is 4.79 Å². The number of benzene rings is 3. The monoisotopic (exact) mass is 604 g/mol. The molecule has 0 saturated heterocycles. The number of pyridine rings is 1. The van der Waals surface area contributed by atoms with Gasteiger partial charge in [0.2, 0.25) is 5.78 Å². The Morgan fingerprint density at radius 2 is 1.33 bits per heavy atom. The van der Waals surface area contributed by atoms with Crippen LogP contribution in [0.25, 0.3) is 32.6 Å². The van der Waals surface area contributed by atoms with Gasteiger partial charge in [0.1, 0.15) is 9.71 Å². The molecule has 2 N–H and O–H groups in total. The Hall–Kier alpha value is -4.08. The van der Waals surface area contributed by atoms with Gasteiger partial charge < -0.3 is 24.7 Å². The molecule has 0 spiro atoms. The van der Waals surface area contributed by atoms with E-state index in [1.165, 1.54) is 11.3 Å². The van der Waals surface area contributed by atoms with Gasteiger partial charge in [0.05, 0.1) is 39.8 Å². The minimum absolute atomic E-state index is 0.158. The number of thiophene rings is 1. The van der Waals surface area contributed by atoms with Crippen molar-refractivity contribution in [2.75, 3.05) is 34.2 Å². The van der Waals surface area contributed by atoms with Gasteiger partial charge in [-0.05, 0) is 71.8 Å². The van der Waals surface area contributed by atoms with E-state index in [1.54, 1.807) is 40.6 Å². The van der Waals surface area contributed by atoms with Gasteiger partial charge in [-0.2, -0.15) is 0 Å². The van der Waals surface area contributed by atoms with E-state index < -0.39 is 0 Å². The number of ketones is 1.